The summed E-state index contributed by atoms with van der Waals surface area (Å²) >= 11 is 0. The van der Waals surface area contributed by atoms with Gasteiger partial charge in [0.2, 0.25) is 11.8 Å². The van der Waals surface area contributed by atoms with Gasteiger partial charge in [0, 0.05) is 18.0 Å². The van der Waals surface area contributed by atoms with Crippen molar-refractivity contribution in [1.29, 1.82) is 0 Å². The predicted octanol–water partition coefficient (Wildman–Crippen LogP) is 3.30. The van der Waals surface area contributed by atoms with E-state index in [2.05, 4.69) is 0 Å². The minimum atomic E-state index is -0.493. The number of carbonyl (C=O) groups is 3. The molecule has 1 fully saturated rings. The zero-order valence-electron chi connectivity index (χ0n) is 14.8. The first-order valence-corrected chi connectivity index (χ1v) is 8.66. The summed E-state index contributed by atoms with van der Waals surface area (Å²) in [5.74, 6) is -0.844. The minimum Gasteiger partial charge on any atom is -0.452 e. The van der Waals surface area contributed by atoms with Crippen LogP contribution in [0.4, 0.5) is 4.79 Å². The normalized spacial score (nSPS) is 16.9. The predicted molar refractivity (Wildman–Crippen MR) is 99.1 cm³/mol. The Bertz CT molecular complexity index is 1040. The third kappa shape index (κ3) is 2.99. The highest BCUT2D eigenvalue weighted by molar-refractivity contribution is 6.06. The number of aromatic nitrogens is 1. The van der Waals surface area contributed by atoms with Crippen molar-refractivity contribution < 1.29 is 19.1 Å². The van der Waals surface area contributed by atoms with Crippen LogP contribution in [0.25, 0.3) is 10.9 Å². The molecule has 0 aliphatic carbocycles. The smallest absolute Gasteiger partial charge is 0.418 e. The van der Waals surface area contributed by atoms with Crippen LogP contribution in [0.3, 0.4) is 0 Å². The quantitative estimate of drug-likeness (QED) is 0.671. The maximum atomic E-state index is 12.8. The van der Waals surface area contributed by atoms with E-state index >= 15 is 0 Å². The Morgan fingerprint density at radius 1 is 1.11 bits per heavy atom. The van der Waals surface area contributed by atoms with Gasteiger partial charge in [0.05, 0.1) is 25.1 Å². The van der Waals surface area contributed by atoms with Crippen molar-refractivity contribution >= 4 is 28.8 Å². The van der Waals surface area contributed by atoms with Gasteiger partial charge >= 0.3 is 6.09 Å². The highest BCUT2D eigenvalue weighted by Crippen LogP contribution is 2.32. The fourth-order valence-electron chi connectivity index (χ4n) is 3.51. The molecule has 6 heteroatoms. The van der Waals surface area contributed by atoms with E-state index in [1.54, 1.807) is 24.4 Å². The van der Waals surface area contributed by atoms with Gasteiger partial charge in [0.1, 0.15) is 0 Å². The number of fused-ring (bicyclic) bond motifs is 1. The van der Waals surface area contributed by atoms with Crippen LogP contribution in [0.15, 0.2) is 60.8 Å². The zero-order chi connectivity index (χ0) is 19.0. The lowest BCUT2D eigenvalue weighted by Crippen LogP contribution is -2.29. The molecule has 0 bridgehead atoms. The first kappa shape index (κ1) is 17.0. The number of rotatable bonds is 3. The number of amides is 2. The van der Waals surface area contributed by atoms with Crippen LogP contribution in [-0.4, -0.2) is 34.5 Å². The summed E-state index contributed by atoms with van der Waals surface area (Å²) in [6.07, 6.45) is 1.32. The molecule has 2 amide bonds. The lowest BCUT2D eigenvalue weighted by molar-refractivity contribution is -0.139. The number of hydrogen-bond donors (Lipinski definition) is 0. The molecule has 1 aliphatic heterocycles. The molecule has 2 heterocycles. The van der Waals surface area contributed by atoms with Crippen molar-refractivity contribution in [3.8, 4) is 0 Å². The van der Waals surface area contributed by atoms with Crippen molar-refractivity contribution in [2.75, 3.05) is 7.11 Å². The minimum absolute atomic E-state index is 0.162. The maximum absolute atomic E-state index is 12.8. The molecule has 3 aromatic rings. The van der Waals surface area contributed by atoms with Crippen LogP contribution < -0.4 is 0 Å². The lowest BCUT2D eigenvalue weighted by atomic mass is 9.96. The molecular weight excluding hydrogens is 344 g/mol. The molecule has 1 saturated heterocycles. The second-order valence-corrected chi connectivity index (χ2v) is 6.53. The van der Waals surface area contributed by atoms with E-state index < -0.39 is 12.0 Å². The highest BCUT2D eigenvalue weighted by atomic mass is 16.5. The van der Waals surface area contributed by atoms with Crippen LogP contribution in [-0.2, 0) is 20.9 Å². The van der Waals surface area contributed by atoms with E-state index in [9.17, 15) is 14.4 Å². The van der Waals surface area contributed by atoms with E-state index in [0.717, 1.165) is 16.5 Å². The van der Waals surface area contributed by atoms with Gasteiger partial charge in [0.15, 0.2) is 0 Å². The summed E-state index contributed by atoms with van der Waals surface area (Å²) in [6, 6.07) is 16.7. The average Bonchev–Trinajstić information content (AvgIpc) is 3.24. The maximum Gasteiger partial charge on any atom is 0.418 e. The van der Waals surface area contributed by atoms with Crippen molar-refractivity contribution in [1.82, 2.24) is 9.47 Å². The molecule has 1 unspecified atom stereocenters. The lowest BCUT2D eigenvalue weighted by Gasteiger charge is -2.15. The van der Waals surface area contributed by atoms with Crippen LogP contribution in [0.5, 0.6) is 0 Å². The topological polar surface area (TPSA) is 68.6 Å². The molecule has 6 nitrogen and oxygen atoms in total. The summed E-state index contributed by atoms with van der Waals surface area (Å²) in [5, 5.41) is 0.819. The van der Waals surface area contributed by atoms with Gasteiger partial charge < -0.3 is 4.74 Å². The largest absolute Gasteiger partial charge is 0.452 e. The molecule has 0 N–H and O–H groups in total. The van der Waals surface area contributed by atoms with Crippen LogP contribution >= 0.6 is 0 Å². The van der Waals surface area contributed by atoms with Gasteiger partial charge in [0.25, 0.3) is 0 Å². The Hall–Kier alpha value is -3.41. The zero-order valence-corrected chi connectivity index (χ0v) is 14.8. The van der Waals surface area contributed by atoms with Gasteiger partial charge in [-0.2, -0.15) is 0 Å². The van der Waals surface area contributed by atoms with Gasteiger partial charge in [-0.05, 0) is 29.3 Å². The van der Waals surface area contributed by atoms with Crippen LogP contribution in [0.2, 0.25) is 0 Å². The highest BCUT2D eigenvalue weighted by Gasteiger charge is 2.39. The van der Waals surface area contributed by atoms with Gasteiger partial charge in [-0.15, -0.1) is 0 Å². The van der Waals surface area contributed by atoms with Crippen molar-refractivity contribution in [2.45, 2.75) is 18.9 Å². The van der Waals surface area contributed by atoms with Crippen molar-refractivity contribution in [3.63, 3.8) is 0 Å². The monoisotopic (exact) mass is 362 g/mol. The number of likely N-dealkylation sites (tertiary alicyclic amines) is 1. The number of ether oxygens (including phenoxy) is 1. The van der Waals surface area contributed by atoms with Crippen molar-refractivity contribution in [2.24, 2.45) is 0 Å². The SMILES string of the molecule is COC(=O)n1ccc2cc(C3CC(=O)N(Cc4ccccc4)C3=O)ccc21. The second kappa shape index (κ2) is 6.72. The Morgan fingerprint density at radius 2 is 1.89 bits per heavy atom. The number of carbonyl (C=O) groups excluding carboxylic acids is 3. The summed E-state index contributed by atoms with van der Waals surface area (Å²) in [7, 11) is 1.33. The van der Waals surface area contributed by atoms with E-state index in [1.807, 2.05) is 36.4 Å². The Morgan fingerprint density at radius 3 is 2.63 bits per heavy atom. The number of hydrogen-bond acceptors (Lipinski definition) is 4. The molecule has 0 saturated carbocycles. The Balaban J connectivity index is 1.61. The summed E-state index contributed by atoms with van der Waals surface area (Å²) < 4.78 is 6.16. The summed E-state index contributed by atoms with van der Waals surface area (Å²) in [4.78, 5) is 38.4. The molecule has 2 aromatic carbocycles. The number of nitrogens with zero attached hydrogens (tertiary/aromatic N) is 2. The molecule has 136 valence electrons. The summed E-state index contributed by atoms with van der Waals surface area (Å²) in [5.41, 5.74) is 2.40. The molecule has 0 spiro atoms. The van der Waals surface area contributed by atoms with E-state index in [4.69, 9.17) is 4.74 Å². The van der Waals surface area contributed by atoms with Gasteiger partial charge in [-0.1, -0.05) is 36.4 Å². The van der Waals surface area contributed by atoms with E-state index in [-0.39, 0.29) is 24.8 Å². The molecule has 1 aliphatic rings. The Kier molecular flexibility index (Phi) is 4.24. The molecule has 1 aromatic heterocycles. The number of imide groups is 1. The number of methoxy groups -OCH3 is 1. The van der Waals surface area contributed by atoms with E-state index in [1.165, 1.54) is 16.6 Å². The van der Waals surface area contributed by atoms with Crippen molar-refractivity contribution in [3.05, 3.63) is 71.9 Å². The third-order valence-corrected chi connectivity index (χ3v) is 4.92. The van der Waals surface area contributed by atoms with Crippen LogP contribution in [0, 0.1) is 0 Å². The second-order valence-electron chi connectivity index (χ2n) is 6.53. The fraction of sp³-hybridized carbons (Fsp3) is 0.190. The van der Waals surface area contributed by atoms with Gasteiger partial charge in [-0.3, -0.25) is 19.1 Å². The first-order valence-electron chi connectivity index (χ1n) is 8.66. The molecule has 4 rings (SSSR count). The standard InChI is InChI=1S/C21H18N2O4/c1-27-21(26)22-10-9-16-11-15(7-8-18(16)22)17-12-19(24)23(20(17)25)13-14-5-3-2-4-6-14/h2-11,17H,12-13H2,1H3. The molecule has 0 radical (unpaired) electrons. The molecule has 1 atom stereocenters. The van der Waals surface area contributed by atoms with E-state index in [0.29, 0.717) is 5.52 Å². The fourth-order valence-corrected chi connectivity index (χ4v) is 3.51. The third-order valence-electron chi connectivity index (χ3n) is 4.92. The summed E-state index contributed by atoms with van der Waals surface area (Å²) in [6.45, 7) is 0.288. The van der Waals surface area contributed by atoms with Gasteiger partial charge in [-0.25, -0.2) is 4.79 Å². The molecule has 27 heavy (non-hydrogen) atoms. The Labute approximate surface area is 155 Å². The average molecular weight is 362 g/mol. The molecular formula is C21H18N2O4. The first-order chi connectivity index (χ1) is 13.1. The number of benzene rings is 2. The van der Waals surface area contributed by atoms with Crippen LogP contribution in [0.1, 0.15) is 23.5 Å².